The van der Waals surface area contributed by atoms with Gasteiger partial charge in [0.2, 0.25) is 11.8 Å². The molecule has 0 heterocycles. The number of halogens is 1. The molecule has 0 bridgehead atoms. The zero-order chi connectivity index (χ0) is 19.8. The van der Waals surface area contributed by atoms with Crippen LogP contribution in [0.5, 0.6) is 0 Å². The standard InChI is InChI=1S/C16H28ClN3O6/c1-20(14(22)6-3-4-7-15(23)25-2)10-5-11-26-16(24)19-9-8-18-13(21)12-17/h3-12H2,1-2H3,(H,18,21)(H,19,24). The van der Waals surface area contributed by atoms with Crippen molar-refractivity contribution in [1.29, 1.82) is 0 Å². The van der Waals surface area contributed by atoms with Gasteiger partial charge in [-0.1, -0.05) is 0 Å². The maximum Gasteiger partial charge on any atom is 0.407 e. The molecule has 0 atom stereocenters. The van der Waals surface area contributed by atoms with Crippen LogP contribution in [0.25, 0.3) is 0 Å². The monoisotopic (exact) mass is 393 g/mol. The Labute approximate surface area is 158 Å². The van der Waals surface area contributed by atoms with Crippen LogP contribution in [0, 0.1) is 0 Å². The minimum atomic E-state index is -0.582. The molecule has 0 radical (unpaired) electrons. The molecule has 2 N–H and O–H groups in total. The highest BCUT2D eigenvalue weighted by molar-refractivity contribution is 6.27. The van der Waals surface area contributed by atoms with Crippen LogP contribution in [-0.4, -0.2) is 75.1 Å². The minimum Gasteiger partial charge on any atom is -0.469 e. The number of unbranched alkanes of at least 4 members (excludes halogenated alkanes) is 1. The van der Waals surface area contributed by atoms with Crippen molar-refractivity contribution in [2.45, 2.75) is 32.1 Å². The van der Waals surface area contributed by atoms with Gasteiger partial charge in [0, 0.05) is 39.5 Å². The Kier molecular flexibility index (Phi) is 14.1. The second-order valence-corrected chi connectivity index (χ2v) is 5.77. The summed E-state index contributed by atoms with van der Waals surface area (Å²) in [5.41, 5.74) is 0. The fourth-order valence-corrected chi connectivity index (χ4v) is 1.99. The van der Waals surface area contributed by atoms with E-state index in [1.54, 1.807) is 11.9 Å². The third-order valence-electron chi connectivity index (χ3n) is 3.38. The van der Waals surface area contributed by atoms with Crippen LogP contribution in [0.1, 0.15) is 32.1 Å². The minimum absolute atomic E-state index is 0.0191. The largest absolute Gasteiger partial charge is 0.469 e. The first kappa shape index (κ1) is 24.0. The highest BCUT2D eigenvalue weighted by atomic mass is 35.5. The van der Waals surface area contributed by atoms with Gasteiger partial charge in [0.1, 0.15) is 5.88 Å². The lowest BCUT2D eigenvalue weighted by Gasteiger charge is -2.17. The Hall–Kier alpha value is -2.03. The van der Waals surface area contributed by atoms with Gasteiger partial charge in [-0.25, -0.2) is 4.79 Å². The number of ether oxygens (including phenoxy) is 2. The van der Waals surface area contributed by atoms with Crippen molar-refractivity contribution in [2.75, 3.05) is 46.3 Å². The topological polar surface area (TPSA) is 114 Å². The molecule has 0 aliphatic carbocycles. The van der Waals surface area contributed by atoms with E-state index in [-0.39, 0.29) is 43.4 Å². The molecular weight excluding hydrogens is 366 g/mol. The van der Waals surface area contributed by atoms with E-state index < -0.39 is 6.09 Å². The summed E-state index contributed by atoms with van der Waals surface area (Å²) in [5.74, 6) is -0.723. The van der Waals surface area contributed by atoms with E-state index >= 15 is 0 Å². The molecule has 0 rings (SSSR count). The quantitative estimate of drug-likeness (QED) is 0.270. The Bertz CT molecular complexity index is 461. The Balaban J connectivity index is 3.63. The van der Waals surface area contributed by atoms with Gasteiger partial charge in [0.25, 0.3) is 0 Å². The third kappa shape index (κ3) is 13.3. The van der Waals surface area contributed by atoms with Gasteiger partial charge in [-0.05, 0) is 19.3 Å². The molecule has 0 aromatic rings. The predicted molar refractivity (Wildman–Crippen MR) is 95.8 cm³/mol. The molecule has 0 fully saturated rings. The van der Waals surface area contributed by atoms with Gasteiger partial charge >= 0.3 is 12.1 Å². The summed E-state index contributed by atoms with van der Waals surface area (Å²) in [6.45, 7) is 1.16. The average molecular weight is 394 g/mol. The molecule has 150 valence electrons. The predicted octanol–water partition coefficient (Wildman–Crippen LogP) is 0.650. The lowest BCUT2D eigenvalue weighted by atomic mass is 10.2. The number of hydrogen-bond donors (Lipinski definition) is 2. The molecule has 10 heteroatoms. The van der Waals surface area contributed by atoms with Gasteiger partial charge in [0.05, 0.1) is 13.7 Å². The molecule has 0 aromatic carbocycles. The van der Waals surface area contributed by atoms with E-state index in [9.17, 15) is 19.2 Å². The summed E-state index contributed by atoms with van der Waals surface area (Å²) in [6, 6.07) is 0. The molecule has 0 spiro atoms. The Morgan fingerprint density at radius 3 is 2.31 bits per heavy atom. The first-order valence-electron chi connectivity index (χ1n) is 8.44. The molecule has 3 amide bonds. The van der Waals surface area contributed by atoms with Crippen LogP contribution in [0.3, 0.4) is 0 Å². The van der Waals surface area contributed by atoms with Crippen molar-refractivity contribution in [3.63, 3.8) is 0 Å². The Morgan fingerprint density at radius 2 is 1.65 bits per heavy atom. The number of amides is 3. The van der Waals surface area contributed by atoms with Gasteiger partial charge in [-0.2, -0.15) is 0 Å². The van der Waals surface area contributed by atoms with Crippen molar-refractivity contribution in [2.24, 2.45) is 0 Å². The highest BCUT2D eigenvalue weighted by Crippen LogP contribution is 2.04. The van der Waals surface area contributed by atoms with E-state index in [2.05, 4.69) is 15.4 Å². The van der Waals surface area contributed by atoms with Gasteiger partial charge in [0.15, 0.2) is 0 Å². The maximum absolute atomic E-state index is 11.9. The second kappa shape index (κ2) is 15.2. The number of esters is 1. The van der Waals surface area contributed by atoms with Gasteiger partial charge in [-0.15, -0.1) is 11.6 Å². The van der Waals surface area contributed by atoms with Gasteiger partial charge in [-0.3, -0.25) is 14.4 Å². The lowest BCUT2D eigenvalue weighted by Crippen LogP contribution is -2.35. The molecule has 0 saturated carbocycles. The number of methoxy groups -OCH3 is 1. The van der Waals surface area contributed by atoms with Crippen molar-refractivity contribution < 1.29 is 28.7 Å². The number of alkyl carbamates (subject to hydrolysis) is 1. The summed E-state index contributed by atoms with van der Waals surface area (Å²) in [4.78, 5) is 46.7. The highest BCUT2D eigenvalue weighted by Gasteiger charge is 2.09. The summed E-state index contributed by atoms with van der Waals surface area (Å²) >= 11 is 5.31. The number of nitrogens with zero attached hydrogens (tertiary/aromatic N) is 1. The number of carbonyl (C=O) groups is 4. The maximum atomic E-state index is 11.9. The van der Waals surface area contributed by atoms with Crippen LogP contribution in [0.2, 0.25) is 0 Å². The molecule has 26 heavy (non-hydrogen) atoms. The first-order chi connectivity index (χ1) is 12.4. The fourth-order valence-electron chi connectivity index (χ4n) is 1.89. The number of nitrogens with one attached hydrogen (secondary N) is 2. The molecule has 0 aliphatic heterocycles. The zero-order valence-electron chi connectivity index (χ0n) is 15.3. The normalized spacial score (nSPS) is 9.96. The van der Waals surface area contributed by atoms with Crippen molar-refractivity contribution in [3.05, 3.63) is 0 Å². The number of hydrogen-bond acceptors (Lipinski definition) is 6. The van der Waals surface area contributed by atoms with E-state index in [0.717, 1.165) is 0 Å². The Morgan fingerprint density at radius 1 is 1.00 bits per heavy atom. The van der Waals surface area contributed by atoms with E-state index in [4.69, 9.17) is 16.3 Å². The van der Waals surface area contributed by atoms with Crippen LogP contribution >= 0.6 is 11.6 Å². The van der Waals surface area contributed by atoms with Crippen LogP contribution in [0.15, 0.2) is 0 Å². The SMILES string of the molecule is COC(=O)CCCCC(=O)N(C)CCCOC(=O)NCCNC(=O)CCl. The molecular formula is C16H28ClN3O6. The molecule has 0 aromatic heterocycles. The summed E-state index contributed by atoms with van der Waals surface area (Å²) < 4.78 is 9.50. The molecule has 0 unspecified atom stereocenters. The summed E-state index contributed by atoms with van der Waals surface area (Å²) in [6.07, 6.45) is 1.84. The van der Waals surface area contributed by atoms with Gasteiger partial charge < -0.3 is 25.0 Å². The molecule has 0 saturated heterocycles. The fraction of sp³-hybridized carbons (Fsp3) is 0.750. The number of alkyl halides is 1. The van der Waals surface area contributed by atoms with Crippen LogP contribution < -0.4 is 10.6 Å². The van der Waals surface area contributed by atoms with E-state index in [1.165, 1.54) is 7.11 Å². The summed E-state index contributed by atoms with van der Waals surface area (Å²) in [7, 11) is 3.02. The number of carbonyl (C=O) groups excluding carboxylic acids is 4. The van der Waals surface area contributed by atoms with Crippen molar-refractivity contribution >= 4 is 35.5 Å². The molecule has 0 aliphatic rings. The number of rotatable bonds is 13. The van der Waals surface area contributed by atoms with Crippen molar-refractivity contribution in [3.8, 4) is 0 Å². The summed E-state index contributed by atoms with van der Waals surface area (Å²) in [5, 5.41) is 4.99. The van der Waals surface area contributed by atoms with Crippen LogP contribution in [0.4, 0.5) is 4.79 Å². The lowest BCUT2D eigenvalue weighted by molar-refractivity contribution is -0.141. The van der Waals surface area contributed by atoms with E-state index in [0.29, 0.717) is 38.6 Å². The first-order valence-corrected chi connectivity index (χ1v) is 8.98. The van der Waals surface area contributed by atoms with E-state index in [1.807, 2.05) is 0 Å². The zero-order valence-corrected chi connectivity index (χ0v) is 16.1. The molecule has 9 nitrogen and oxygen atoms in total. The average Bonchev–Trinajstić information content (AvgIpc) is 2.64. The second-order valence-electron chi connectivity index (χ2n) is 5.50. The van der Waals surface area contributed by atoms with Crippen LogP contribution in [-0.2, 0) is 23.9 Å². The third-order valence-corrected chi connectivity index (χ3v) is 3.63. The smallest absolute Gasteiger partial charge is 0.407 e. The van der Waals surface area contributed by atoms with Crippen molar-refractivity contribution in [1.82, 2.24) is 15.5 Å².